The number of Topliss-reactive ketones (excluding diaryl/α,β-unsaturated/α-hetero) is 1. The van der Waals surface area contributed by atoms with Gasteiger partial charge in [-0.2, -0.15) is 0 Å². The lowest BCUT2D eigenvalue weighted by Crippen LogP contribution is -2.00. The van der Waals surface area contributed by atoms with Crippen LogP contribution < -0.4 is 0 Å². The number of fused-ring (bicyclic) bond motifs is 1. The van der Waals surface area contributed by atoms with Gasteiger partial charge < -0.3 is 4.42 Å². The van der Waals surface area contributed by atoms with Gasteiger partial charge in [0.2, 0.25) is 5.78 Å². The molecule has 0 spiro atoms. The lowest BCUT2D eigenvalue weighted by atomic mass is 10.2. The van der Waals surface area contributed by atoms with Crippen molar-refractivity contribution >= 4 is 40.1 Å². The molecule has 0 saturated heterocycles. The van der Waals surface area contributed by atoms with E-state index in [-0.39, 0.29) is 23.1 Å². The molecule has 3 aromatic rings. The van der Waals surface area contributed by atoms with Crippen LogP contribution in [0.5, 0.6) is 0 Å². The van der Waals surface area contributed by atoms with Crippen LogP contribution in [0.3, 0.4) is 0 Å². The van der Waals surface area contributed by atoms with E-state index in [2.05, 4.69) is 0 Å². The van der Waals surface area contributed by atoms with Gasteiger partial charge in [-0.05, 0) is 36.4 Å². The van der Waals surface area contributed by atoms with Crippen LogP contribution in [0.15, 0.2) is 57.8 Å². The molecule has 0 saturated carbocycles. The van der Waals surface area contributed by atoms with E-state index in [1.807, 2.05) is 0 Å². The number of halogens is 2. The zero-order valence-electron chi connectivity index (χ0n) is 10.8. The second-order valence-electron chi connectivity index (χ2n) is 4.44. The summed E-state index contributed by atoms with van der Waals surface area (Å²) in [5, 5.41) is 1.37. The molecule has 106 valence electrons. The molecule has 5 heteroatoms. The summed E-state index contributed by atoms with van der Waals surface area (Å²) in [6.07, 6.45) is 0. The second-order valence-corrected chi connectivity index (χ2v) is 5.89. The lowest BCUT2D eigenvalue weighted by Gasteiger charge is -2.00. The van der Waals surface area contributed by atoms with E-state index in [1.165, 1.54) is 6.07 Å². The number of furan rings is 1. The Morgan fingerprint density at radius 3 is 2.81 bits per heavy atom. The summed E-state index contributed by atoms with van der Waals surface area (Å²) in [7, 11) is 0. The Kier molecular flexibility index (Phi) is 3.99. The molecule has 0 aliphatic heterocycles. The fourth-order valence-corrected chi connectivity index (χ4v) is 2.92. The van der Waals surface area contributed by atoms with Crippen molar-refractivity contribution in [1.82, 2.24) is 0 Å². The molecule has 0 unspecified atom stereocenters. The Morgan fingerprint density at radius 1 is 1.19 bits per heavy atom. The molecule has 1 aromatic heterocycles. The minimum atomic E-state index is -0.327. The maximum atomic E-state index is 13.5. The average Bonchev–Trinajstić information content (AvgIpc) is 2.89. The van der Waals surface area contributed by atoms with Gasteiger partial charge >= 0.3 is 0 Å². The smallest absolute Gasteiger partial charge is 0.208 e. The van der Waals surface area contributed by atoms with Crippen LogP contribution in [0.2, 0.25) is 5.02 Å². The first kappa shape index (κ1) is 14.2. The topological polar surface area (TPSA) is 30.2 Å². The van der Waals surface area contributed by atoms with Gasteiger partial charge in [-0.15, -0.1) is 11.8 Å². The standard InChI is InChI=1S/C16H10ClFO2S/c17-11-5-6-14-10(7-11)8-15(20-14)13(19)9-21-16-4-2-1-3-12(16)18/h1-8H,9H2. The third-order valence-corrected chi connectivity index (χ3v) is 4.23. The van der Waals surface area contributed by atoms with Gasteiger partial charge in [-0.3, -0.25) is 4.79 Å². The summed E-state index contributed by atoms with van der Waals surface area (Å²) in [6, 6.07) is 13.2. The molecule has 0 atom stereocenters. The van der Waals surface area contributed by atoms with Gasteiger partial charge in [0, 0.05) is 15.3 Å². The van der Waals surface area contributed by atoms with Crippen molar-refractivity contribution in [3.8, 4) is 0 Å². The van der Waals surface area contributed by atoms with Gasteiger partial charge in [0.05, 0.1) is 5.75 Å². The Bertz CT molecular complexity index is 813. The normalized spacial score (nSPS) is 11.0. The third-order valence-electron chi connectivity index (χ3n) is 2.95. The third kappa shape index (κ3) is 3.12. The monoisotopic (exact) mass is 320 g/mol. The lowest BCUT2D eigenvalue weighted by molar-refractivity contribution is 0.0994. The molecule has 0 bridgehead atoms. The SMILES string of the molecule is O=C(CSc1ccccc1F)c1cc2cc(Cl)ccc2o1. The Hall–Kier alpha value is -1.78. The molecule has 3 rings (SSSR count). The van der Waals surface area contributed by atoms with Crippen molar-refractivity contribution in [3.05, 3.63) is 65.1 Å². The van der Waals surface area contributed by atoms with Crippen LogP contribution in [0.1, 0.15) is 10.6 Å². The van der Waals surface area contributed by atoms with Crippen LogP contribution in [0.4, 0.5) is 4.39 Å². The fourth-order valence-electron chi connectivity index (χ4n) is 1.93. The van der Waals surface area contributed by atoms with Gasteiger partial charge in [0.1, 0.15) is 11.4 Å². The van der Waals surface area contributed by atoms with Crippen molar-refractivity contribution in [2.75, 3.05) is 5.75 Å². The molecule has 0 amide bonds. The Balaban J connectivity index is 1.76. The molecule has 0 N–H and O–H groups in total. The molecule has 2 aromatic carbocycles. The molecular formula is C16H10ClFO2S. The van der Waals surface area contributed by atoms with E-state index in [4.69, 9.17) is 16.0 Å². The number of hydrogen-bond acceptors (Lipinski definition) is 3. The van der Waals surface area contributed by atoms with Gasteiger partial charge in [-0.1, -0.05) is 23.7 Å². The molecule has 0 aliphatic rings. The average molecular weight is 321 g/mol. The van der Waals surface area contributed by atoms with Crippen molar-refractivity contribution in [1.29, 1.82) is 0 Å². The number of carbonyl (C=O) groups is 1. The number of rotatable bonds is 4. The van der Waals surface area contributed by atoms with Gasteiger partial charge in [0.25, 0.3) is 0 Å². The van der Waals surface area contributed by atoms with Crippen LogP contribution in [-0.2, 0) is 0 Å². The molecule has 2 nitrogen and oxygen atoms in total. The van der Waals surface area contributed by atoms with E-state index in [9.17, 15) is 9.18 Å². The molecule has 1 heterocycles. The molecule has 0 radical (unpaired) electrons. The zero-order valence-corrected chi connectivity index (χ0v) is 12.4. The van der Waals surface area contributed by atoms with Crippen molar-refractivity contribution in [2.24, 2.45) is 0 Å². The Labute approximate surface area is 129 Å². The minimum absolute atomic E-state index is 0.120. The first-order valence-corrected chi connectivity index (χ1v) is 7.59. The first-order valence-electron chi connectivity index (χ1n) is 6.23. The number of hydrogen-bond donors (Lipinski definition) is 0. The molecular weight excluding hydrogens is 311 g/mol. The molecule has 0 fully saturated rings. The summed E-state index contributed by atoms with van der Waals surface area (Å²) >= 11 is 7.05. The zero-order chi connectivity index (χ0) is 14.8. The highest BCUT2D eigenvalue weighted by Gasteiger charge is 2.14. The highest BCUT2D eigenvalue weighted by Crippen LogP contribution is 2.26. The largest absolute Gasteiger partial charge is 0.453 e. The van der Waals surface area contributed by atoms with Gasteiger partial charge in [0.15, 0.2) is 5.76 Å². The highest BCUT2D eigenvalue weighted by atomic mass is 35.5. The quantitative estimate of drug-likeness (QED) is 0.489. The Morgan fingerprint density at radius 2 is 2.00 bits per heavy atom. The number of ketones is 1. The van der Waals surface area contributed by atoms with E-state index < -0.39 is 0 Å². The molecule has 21 heavy (non-hydrogen) atoms. The number of benzene rings is 2. The van der Waals surface area contributed by atoms with Gasteiger partial charge in [-0.25, -0.2) is 4.39 Å². The predicted octanol–water partition coefficient (Wildman–Crippen LogP) is 5.20. The number of thioether (sulfide) groups is 1. The minimum Gasteiger partial charge on any atom is -0.453 e. The first-order chi connectivity index (χ1) is 10.1. The fraction of sp³-hybridized carbons (Fsp3) is 0.0625. The number of carbonyl (C=O) groups excluding carboxylic acids is 1. The maximum absolute atomic E-state index is 13.5. The van der Waals surface area contributed by atoms with Crippen LogP contribution >= 0.6 is 23.4 Å². The maximum Gasteiger partial charge on any atom is 0.208 e. The predicted molar refractivity (Wildman–Crippen MR) is 82.7 cm³/mol. The van der Waals surface area contributed by atoms with Crippen LogP contribution in [-0.4, -0.2) is 11.5 Å². The van der Waals surface area contributed by atoms with Crippen molar-refractivity contribution in [3.63, 3.8) is 0 Å². The summed E-state index contributed by atoms with van der Waals surface area (Å²) < 4.78 is 19.0. The summed E-state index contributed by atoms with van der Waals surface area (Å²) in [4.78, 5) is 12.6. The van der Waals surface area contributed by atoms with E-state index in [0.29, 0.717) is 15.5 Å². The van der Waals surface area contributed by atoms with E-state index >= 15 is 0 Å². The van der Waals surface area contributed by atoms with E-state index in [0.717, 1.165) is 17.1 Å². The second kappa shape index (κ2) is 5.92. The summed E-state index contributed by atoms with van der Waals surface area (Å²) in [5.41, 5.74) is 0.610. The highest BCUT2D eigenvalue weighted by molar-refractivity contribution is 8.00. The summed E-state index contributed by atoms with van der Waals surface area (Å²) in [6.45, 7) is 0. The van der Waals surface area contributed by atoms with Crippen molar-refractivity contribution in [2.45, 2.75) is 4.90 Å². The molecule has 0 aliphatic carbocycles. The van der Waals surface area contributed by atoms with Crippen molar-refractivity contribution < 1.29 is 13.6 Å². The van der Waals surface area contributed by atoms with Crippen LogP contribution in [0.25, 0.3) is 11.0 Å². The van der Waals surface area contributed by atoms with Crippen LogP contribution in [0, 0.1) is 5.82 Å². The summed E-state index contributed by atoms with van der Waals surface area (Å²) in [5.74, 6) is -0.132. The van der Waals surface area contributed by atoms with E-state index in [1.54, 1.807) is 42.5 Å².